The molecule has 1 amide bonds. The average molecular weight is 546 g/mol. The SMILES string of the molecule is CC(=O)CN(CCN(CCN(CC(=O)O)CC(=O)N1CCNCCNCCNCC1)CC(=O)O)CC(=O)O. The lowest BCUT2D eigenvalue weighted by Gasteiger charge is -2.30. The maximum atomic E-state index is 13.1. The van der Waals surface area contributed by atoms with E-state index in [1.165, 1.54) is 21.6 Å². The van der Waals surface area contributed by atoms with Crippen molar-refractivity contribution in [1.29, 1.82) is 0 Å². The van der Waals surface area contributed by atoms with Crippen molar-refractivity contribution in [3.63, 3.8) is 0 Å². The van der Waals surface area contributed by atoms with E-state index in [4.69, 9.17) is 5.11 Å². The van der Waals surface area contributed by atoms with Crippen molar-refractivity contribution in [2.24, 2.45) is 0 Å². The Kier molecular flexibility index (Phi) is 17.0. The number of amides is 1. The van der Waals surface area contributed by atoms with Gasteiger partial charge in [0.05, 0.1) is 32.7 Å². The number of rotatable bonds is 16. The van der Waals surface area contributed by atoms with Crippen molar-refractivity contribution in [3.05, 3.63) is 0 Å². The van der Waals surface area contributed by atoms with Gasteiger partial charge >= 0.3 is 17.9 Å². The van der Waals surface area contributed by atoms with Crippen LogP contribution in [0.4, 0.5) is 0 Å². The first-order valence-corrected chi connectivity index (χ1v) is 12.8. The third-order valence-corrected chi connectivity index (χ3v) is 5.77. The number of ketones is 1. The summed E-state index contributed by atoms with van der Waals surface area (Å²) >= 11 is 0. The predicted molar refractivity (Wildman–Crippen MR) is 138 cm³/mol. The number of carbonyl (C=O) groups excluding carboxylic acids is 2. The zero-order chi connectivity index (χ0) is 28.3. The second-order valence-corrected chi connectivity index (χ2v) is 9.21. The normalized spacial score (nSPS) is 15.7. The minimum Gasteiger partial charge on any atom is -0.480 e. The van der Waals surface area contributed by atoms with Crippen molar-refractivity contribution in [3.8, 4) is 0 Å². The Morgan fingerprint density at radius 2 is 0.947 bits per heavy atom. The molecule has 0 aliphatic carbocycles. The molecule has 1 heterocycles. The molecule has 0 atom stereocenters. The van der Waals surface area contributed by atoms with Gasteiger partial charge in [-0.1, -0.05) is 0 Å². The second kappa shape index (κ2) is 19.4. The lowest BCUT2D eigenvalue weighted by Crippen LogP contribution is -2.49. The van der Waals surface area contributed by atoms with Gasteiger partial charge in [-0.05, 0) is 6.92 Å². The topological polar surface area (TPSA) is 195 Å². The first-order valence-electron chi connectivity index (χ1n) is 12.8. The Bertz CT molecular complexity index is 742. The van der Waals surface area contributed by atoms with Gasteiger partial charge in [0.15, 0.2) is 0 Å². The molecule has 0 spiro atoms. The maximum absolute atomic E-state index is 13.1. The summed E-state index contributed by atoms with van der Waals surface area (Å²) in [5, 5.41) is 37.6. The Morgan fingerprint density at radius 3 is 1.37 bits per heavy atom. The molecule has 0 unspecified atom stereocenters. The first kappa shape index (κ1) is 33.3. The molecule has 1 rings (SSSR count). The molecule has 218 valence electrons. The molecule has 15 heteroatoms. The highest BCUT2D eigenvalue weighted by Crippen LogP contribution is 2.00. The molecule has 1 fully saturated rings. The minimum atomic E-state index is -1.11. The summed E-state index contributed by atoms with van der Waals surface area (Å²) in [5.74, 6) is -3.75. The monoisotopic (exact) mass is 545 g/mol. The van der Waals surface area contributed by atoms with Crippen LogP contribution < -0.4 is 16.0 Å². The van der Waals surface area contributed by atoms with E-state index in [0.29, 0.717) is 26.2 Å². The van der Waals surface area contributed by atoms with Gasteiger partial charge in [-0.2, -0.15) is 0 Å². The highest BCUT2D eigenvalue weighted by molar-refractivity contribution is 5.79. The Labute approximate surface area is 223 Å². The number of carbonyl (C=O) groups is 5. The first-order chi connectivity index (χ1) is 18.1. The number of hydrogen-bond donors (Lipinski definition) is 6. The van der Waals surface area contributed by atoms with Gasteiger partial charge in [-0.25, -0.2) is 0 Å². The van der Waals surface area contributed by atoms with Crippen molar-refractivity contribution >= 4 is 29.6 Å². The highest BCUT2D eigenvalue weighted by Gasteiger charge is 2.21. The second-order valence-electron chi connectivity index (χ2n) is 9.21. The van der Waals surface area contributed by atoms with E-state index in [-0.39, 0.29) is 64.0 Å². The fraction of sp³-hybridized carbons (Fsp3) is 0.783. The molecule has 6 N–H and O–H groups in total. The van der Waals surface area contributed by atoms with Crippen LogP contribution in [0, 0.1) is 0 Å². The average Bonchev–Trinajstić information content (AvgIpc) is 2.79. The van der Waals surface area contributed by atoms with Crippen LogP contribution in [0.5, 0.6) is 0 Å². The van der Waals surface area contributed by atoms with Crippen LogP contribution in [0.3, 0.4) is 0 Å². The van der Waals surface area contributed by atoms with Gasteiger partial charge in [0, 0.05) is 78.5 Å². The number of carboxylic acids is 3. The summed E-state index contributed by atoms with van der Waals surface area (Å²) in [6.45, 7) is 5.89. The van der Waals surface area contributed by atoms with Crippen molar-refractivity contribution in [2.45, 2.75) is 6.92 Å². The van der Waals surface area contributed by atoms with Gasteiger partial charge in [0.25, 0.3) is 0 Å². The van der Waals surface area contributed by atoms with Crippen LogP contribution in [-0.4, -0.2) is 176 Å². The Hall–Kier alpha value is -2.69. The van der Waals surface area contributed by atoms with E-state index in [1.807, 2.05) is 0 Å². The maximum Gasteiger partial charge on any atom is 0.317 e. The number of Topliss-reactive ketones (excluding diaryl/α,β-unsaturated/α-hetero) is 1. The lowest BCUT2D eigenvalue weighted by molar-refractivity contribution is -0.141. The number of nitrogens with one attached hydrogen (secondary N) is 3. The summed E-state index contributed by atoms with van der Waals surface area (Å²) in [5.41, 5.74) is 0. The van der Waals surface area contributed by atoms with E-state index < -0.39 is 24.5 Å². The third kappa shape index (κ3) is 16.9. The molecule has 15 nitrogen and oxygen atoms in total. The zero-order valence-electron chi connectivity index (χ0n) is 22.2. The van der Waals surface area contributed by atoms with Gasteiger partial charge in [0.1, 0.15) is 5.78 Å². The zero-order valence-corrected chi connectivity index (χ0v) is 22.2. The lowest BCUT2D eigenvalue weighted by atomic mass is 10.3. The van der Waals surface area contributed by atoms with E-state index in [2.05, 4.69) is 16.0 Å². The molecular formula is C23H43N7O8. The Balaban J connectivity index is 2.78. The smallest absolute Gasteiger partial charge is 0.317 e. The van der Waals surface area contributed by atoms with Crippen LogP contribution >= 0.6 is 0 Å². The standard InChI is InChI=1S/C23H43N7O8/c1-19(31)14-28(17-22(35)36)12-10-27(16-21(33)34)11-13-29(18-23(37)38)15-20(32)30-8-6-25-4-2-24-3-5-26-7-9-30/h24-26H,2-18H2,1H3,(H,33,34)(H,35,36)(H,37,38). The van der Waals surface area contributed by atoms with E-state index in [1.54, 1.807) is 4.90 Å². The number of aliphatic carboxylic acids is 3. The molecule has 0 bridgehead atoms. The molecule has 0 aromatic carbocycles. The van der Waals surface area contributed by atoms with Crippen molar-refractivity contribution in [1.82, 2.24) is 35.6 Å². The quantitative estimate of drug-likeness (QED) is 0.111. The molecule has 1 saturated heterocycles. The van der Waals surface area contributed by atoms with Gasteiger partial charge in [-0.15, -0.1) is 0 Å². The minimum absolute atomic E-state index is 0.0804. The molecule has 0 aromatic rings. The summed E-state index contributed by atoms with van der Waals surface area (Å²) in [4.78, 5) is 64.6. The van der Waals surface area contributed by atoms with Crippen LogP contribution in [0.1, 0.15) is 6.92 Å². The van der Waals surface area contributed by atoms with Gasteiger partial charge in [-0.3, -0.25) is 38.7 Å². The number of hydrogen-bond acceptors (Lipinski definition) is 11. The molecule has 1 aliphatic heterocycles. The van der Waals surface area contributed by atoms with E-state index in [9.17, 15) is 34.2 Å². The summed E-state index contributed by atoms with van der Waals surface area (Å²) < 4.78 is 0. The van der Waals surface area contributed by atoms with E-state index >= 15 is 0 Å². The van der Waals surface area contributed by atoms with Crippen molar-refractivity contribution < 1.29 is 39.3 Å². The Morgan fingerprint density at radius 1 is 0.579 bits per heavy atom. The number of nitrogens with zero attached hydrogens (tertiary/aromatic N) is 4. The fourth-order valence-electron chi connectivity index (χ4n) is 3.96. The van der Waals surface area contributed by atoms with Gasteiger partial charge < -0.3 is 36.2 Å². The van der Waals surface area contributed by atoms with Crippen LogP contribution in [0.25, 0.3) is 0 Å². The fourth-order valence-corrected chi connectivity index (χ4v) is 3.96. The summed E-state index contributed by atoms with van der Waals surface area (Å²) in [7, 11) is 0. The molecule has 0 radical (unpaired) electrons. The molecule has 0 saturated carbocycles. The summed E-state index contributed by atoms with van der Waals surface area (Å²) in [6, 6.07) is 0. The molecule has 1 aliphatic rings. The largest absolute Gasteiger partial charge is 0.480 e. The predicted octanol–water partition coefficient (Wildman–Crippen LogP) is -3.65. The van der Waals surface area contributed by atoms with E-state index in [0.717, 1.165) is 26.2 Å². The van der Waals surface area contributed by atoms with Crippen LogP contribution in [0.2, 0.25) is 0 Å². The van der Waals surface area contributed by atoms with Gasteiger partial charge in [0.2, 0.25) is 5.91 Å². The molecular weight excluding hydrogens is 502 g/mol. The molecule has 38 heavy (non-hydrogen) atoms. The van der Waals surface area contributed by atoms with Crippen LogP contribution in [-0.2, 0) is 24.0 Å². The van der Waals surface area contributed by atoms with Crippen LogP contribution in [0.15, 0.2) is 0 Å². The third-order valence-electron chi connectivity index (χ3n) is 5.77. The highest BCUT2D eigenvalue weighted by atomic mass is 16.4. The number of carboxylic acid groups (broad SMARTS) is 3. The molecule has 0 aromatic heterocycles. The van der Waals surface area contributed by atoms with Crippen molar-refractivity contribution in [2.75, 3.05) is 111 Å². The summed E-state index contributed by atoms with van der Waals surface area (Å²) in [6.07, 6.45) is 0.